The van der Waals surface area contributed by atoms with Gasteiger partial charge in [0.1, 0.15) is 0 Å². The highest BCUT2D eigenvalue weighted by Gasteiger charge is 2.38. The standard InChI is InChI=1S/C11H21N3O/c1-9(12)6-8-13-7-2-3-11(15)14(13)10-4-5-10/h9-10H,2-8,12H2,1H3. The van der Waals surface area contributed by atoms with E-state index in [0.717, 1.165) is 32.4 Å². The van der Waals surface area contributed by atoms with Gasteiger partial charge in [-0.05, 0) is 32.6 Å². The molecule has 1 saturated heterocycles. The van der Waals surface area contributed by atoms with Gasteiger partial charge in [-0.1, -0.05) is 0 Å². The van der Waals surface area contributed by atoms with Gasteiger partial charge in [0.15, 0.2) is 0 Å². The minimum Gasteiger partial charge on any atom is -0.328 e. The van der Waals surface area contributed by atoms with E-state index < -0.39 is 0 Å². The van der Waals surface area contributed by atoms with Gasteiger partial charge in [-0.3, -0.25) is 9.80 Å². The topological polar surface area (TPSA) is 49.6 Å². The lowest BCUT2D eigenvalue weighted by Gasteiger charge is -2.39. The third kappa shape index (κ3) is 2.69. The van der Waals surface area contributed by atoms with Crippen LogP contribution in [0.2, 0.25) is 0 Å². The van der Waals surface area contributed by atoms with Crippen LogP contribution >= 0.6 is 0 Å². The minimum atomic E-state index is 0.225. The lowest BCUT2D eigenvalue weighted by molar-refractivity contribution is -0.157. The molecule has 86 valence electrons. The first-order chi connectivity index (χ1) is 7.18. The Kier molecular flexibility index (Phi) is 3.26. The number of hydrazine groups is 1. The average molecular weight is 211 g/mol. The smallest absolute Gasteiger partial charge is 0.237 e. The van der Waals surface area contributed by atoms with E-state index in [-0.39, 0.29) is 6.04 Å². The third-order valence-corrected chi connectivity index (χ3v) is 3.10. The first-order valence-corrected chi connectivity index (χ1v) is 6.01. The number of rotatable bonds is 4. The molecule has 1 saturated carbocycles. The van der Waals surface area contributed by atoms with Gasteiger partial charge in [0.2, 0.25) is 5.91 Å². The van der Waals surface area contributed by atoms with Crippen molar-refractivity contribution in [2.24, 2.45) is 5.73 Å². The first-order valence-electron chi connectivity index (χ1n) is 6.01. The van der Waals surface area contributed by atoms with Gasteiger partial charge in [-0.25, -0.2) is 5.01 Å². The van der Waals surface area contributed by atoms with Gasteiger partial charge in [-0.2, -0.15) is 0 Å². The number of hydrogen-bond donors (Lipinski definition) is 1. The minimum absolute atomic E-state index is 0.225. The Labute approximate surface area is 91.4 Å². The van der Waals surface area contributed by atoms with E-state index in [9.17, 15) is 4.79 Å². The first kappa shape index (κ1) is 10.9. The van der Waals surface area contributed by atoms with E-state index in [0.29, 0.717) is 11.9 Å². The second-order valence-corrected chi connectivity index (χ2v) is 4.79. The zero-order valence-corrected chi connectivity index (χ0v) is 9.48. The third-order valence-electron chi connectivity index (χ3n) is 3.10. The number of hydrogen-bond acceptors (Lipinski definition) is 3. The molecule has 2 aliphatic rings. The number of nitrogens with zero attached hydrogens (tertiary/aromatic N) is 2. The molecule has 1 aliphatic carbocycles. The van der Waals surface area contributed by atoms with Crippen LogP contribution in [0.3, 0.4) is 0 Å². The molecule has 0 bridgehead atoms. The molecule has 0 spiro atoms. The maximum Gasteiger partial charge on any atom is 0.237 e. The summed E-state index contributed by atoms with van der Waals surface area (Å²) in [7, 11) is 0. The molecule has 0 aromatic carbocycles. The van der Waals surface area contributed by atoms with Gasteiger partial charge >= 0.3 is 0 Å². The Morgan fingerprint density at radius 1 is 1.53 bits per heavy atom. The highest BCUT2D eigenvalue weighted by atomic mass is 16.2. The fraction of sp³-hybridized carbons (Fsp3) is 0.909. The van der Waals surface area contributed by atoms with Gasteiger partial charge in [0.25, 0.3) is 0 Å². The summed E-state index contributed by atoms with van der Waals surface area (Å²) in [6.45, 7) is 3.97. The summed E-state index contributed by atoms with van der Waals surface area (Å²) in [5.74, 6) is 0.313. The summed E-state index contributed by atoms with van der Waals surface area (Å²) in [5.41, 5.74) is 5.75. The van der Waals surface area contributed by atoms with Crippen LogP contribution in [0.25, 0.3) is 0 Å². The number of carbonyl (C=O) groups excluding carboxylic acids is 1. The molecule has 0 radical (unpaired) electrons. The van der Waals surface area contributed by atoms with Crippen molar-refractivity contribution in [3.63, 3.8) is 0 Å². The van der Waals surface area contributed by atoms with E-state index in [1.807, 2.05) is 11.9 Å². The number of nitrogens with two attached hydrogens (primary N) is 1. The van der Waals surface area contributed by atoms with Gasteiger partial charge < -0.3 is 5.73 Å². The van der Waals surface area contributed by atoms with Crippen molar-refractivity contribution in [3.8, 4) is 0 Å². The van der Waals surface area contributed by atoms with Crippen LogP contribution in [0.15, 0.2) is 0 Å². The Morgan fingerprint density at radius 3 is 2.87 bits per heavy atom. The van der Waals surface area contributed by atoms with Gasteiger partial charge in [-0.15, -0.1) is 0 Å². The zero-order valence-electron chi connectivity index (χ0n) is 9.48. The summed E-state index contributed by atoms with van der Waals surface area (Å²) < 4.78 is 0. The van der Waals surface area contributed by atoms with E-state index in [2.05, 4.69) is 5.01 Å². The molecule has 1 heterocycles. The molecule has 4 nitrogen and oxygen atoms in total. The molecule has 1 amide bonds. The van der Waals surface area contributed by atoms with E-state index in [1.165, 1.54) is 12.8 Å². The Bertz CT molecular complexity index is 238. The maximum absolute atomic E-state index is 11.8. The lowest BCUT2D eigenvalue weighted by atomic mass is 10.2. The molecule has 2 N–H and O–H groups in total. The summed E-state index contributed by atoms with van der Waals surface area (Å²) in [6, 6.07) is 0.731. The fourth-order valence-corrected chi connectivity index (χ4v) is 2.12. The zero-order chi connectivity index (χ0) is 10.8. The number of carbonyl (C=O) groups is 1. The van der Waals surface area contributed by atoms with Crippen molar-refractivity contribution in [1.29, 1.82) is 0 Å². The molecular formula is C11H21N3O. The van der Waals surface area contributed by atoms with Crippen molar-refractivity contribution in [2.45, 2.75) is 51.1 Å². The molecule has 2 fully saturated rings. The largest absolute Gasteiger partial charge is 0.328 e. The Morgan fingerprint density at radius 2 is 2.27 bits per heavy atom. The Hall–Kier alpha value is -0.610. The highest BCUT2D eigenvalue weighted by molar-refractivity contribution is 5.77. The van der Waals surface area contributed by atoms with Crippen LogP contribution < -0.4 is 5.73 Å². The maximum atomic E-state index is 11.8. The predicted octanol–water partition coefficient (Wildman–Crippen LogP) is 0.726. The predicted molar refractivity (Wildman–Crippen MR) is 58.9 cm³/mol. The summed E-state index contributed by atoms with van der Waals surface area (Å²) in [4.78, 5) is 11.8. The second kappa shape index (κ2) is 4.49. The van der Waals surface area contributed by atoms with Crippen molar-refractivity contribution >= 4 is 5.91 Å². The SMILES string of the molecule is CC(N)CCN1CCCC(=O)N1C1CC1. The molecule has 0 aromatic heterocycles. The van der Waals surface area contributed by atoms with Crippen LogP contribution in [-0.4, -0.2) is 41.1 Å². The van der Waals surface area contributed by atoms with Crippen LogP contribution in [0.1, 0.15) is 39.0 Å². The average Bonchev–Trinajstić information content (AvgIpc) is 2.98. The van der Waals surface area contributed by atoms with Crippen molar-refractivity contribution in [3.05, 3.63) is 0 Å². The van der Waals surface area contributed by atoms with Crippen LogP contribution in [0, 0.1) is 0 Å². The van der Waals surface area contributed by atoms with Crippen LogP contribution in [-0.2, 0) is 4.79 Å². The van der Waals surface area contributed by atoms with Crippen molar-refractivity contribution in [1.82, 2.24) is 10.0 Å². The van der Waals surface area contributed by atoms with Gasteiger partial charge in [0.05, 0.1) is 0 Å². The fourth-order valence-electron chi connectivity index (χ4n) is 2.12. The second-order valence-electron chi connectivity index (χ2n) is 4.79. The number of amides is 1. The quantitative estimate of drug-likeness (QED) is 0.745. The molecule has 15 heavy (non-hydrogen) atoms. The van der Waals surface area contributed by atoms with E-state index >= 15 is 0 Å². The lowest BCUT2D eigenvalue weighted by Crippen LogP contribution is -2.52. The normalized spacial score (nSPS) is 25.7. The van der Waals surface area contributed by atoms with E-state index in [1.54, 1.807) is 0 Å². The van der Waals surface area contributed by atoms with Gasteiger partial charge in [0, 0.05) is 31.6 Å². The molecule has 1 aliphatic heterocycles. The molecule has 0 aromatic rings. The molecule has 4 heteroatoms. The molecule has 2 rings (SSSR count). The van der Waals surface area contributed by atoms with Crippen LogP contribution in [0.5, 0.6) is 0 Å². The highest BCUT2D eigenvalue weighted by Crippen LogP contribution is 2.31. The van der Waals surface area contributed by atoms with Crippen molar-refractivity contribution < 1.29 is 4.79 Å². The molecular weight excluding hydrogens is 190 g/mol. The van der Waals surface area contributed by atoms with Crippen LogP contribution in [0.4, 0.5) is 0 Å². The monoisotopic (exact) mass is 211 g/mol. The molecule has 1 unspecified atom stereocenters. The summed E-state index contributed by atoms with van der Waals surface area (Å²) in [5, 5.41) is 4.22. The van der Waals surface area contributed by atoms with E-state index in [4.69, 9.17) is 5.73 Å². The van der Waals surface area contributed by atoms with Crippen molar-refractivity contribution in [2.75, 3.05) is 13.1 Å². The summed E-state index contributed by atoms with van der Waals surface area (Å²) in [6.07, 6.45) is 5.06. The molecule has 1 atom stereocenters. The Balaban J connectivity index is 1.91. The summed E-state index contributed by atoms with van der Waals surface area (Å²) >= 11 is 0.